The van der Waals surface area contributed by atoms with Crippen LogP contribution in [0.1, 0.15) is 25.7 Å². The molecule has 0 spiro atoms. The topological polar surface area (TPSA) is 50.3 Å². The molecule has 1 aromatic heterocycles. The number of hydrogen-bond donors (Lipinski definition) is 0. The molecule has 0 aliphatic carbocycles. The summed E-state index contributed by atoms with van der Waals surface area (Å²) in [7, 11) is -3.41. The number of halogens is 1. The van der Waals surface area contributed by atoms with E-state index in [1.165, 1.54) is 0 Å². The molecule has 1 aliphatic rings. The normalized spacial score (nSPS) is 17.1. The SMILES string of the molecule is Cl.O=S(=O)(c1cccc2cnccc12)N1CCCCCC1. The highest BCUT2D eigenvalue weighted by Gasteiger charge is 2.26. The molecule has 21 heavy (non-hydrogen) atoms. The maximum absolute atomic E-state index is 12.9. The molecule has 0 bridgehead atoms. The smallest absolute Gasteiger partial charge is 0.243 e. The van der Waals surface area contributed by atoms with Crippen LogP contribution in [0.3, 0.4) is 0 Å². The second-order valence-electron chi connectivity index (χ2n) is 5.17. The van der Waals surface area contributed by atoms with E-state index < -0.39 is 10.0 Å². The van der Waals surface area contributed by atoms with E-state index in [1.54, 1.807) is 34.9 Å². The predicted octanol–water partition coefficient (Wildman–Crippen LogP) is 3.22. The molecule has 0 unspecified atom stereocenters. The summed E-state index contributed by atoms with van der Waals surface area (Å²) in [6.45, 7) is 1.26. The first-order valence-corrected chi connectivity index (χ1v) is 8.46. The van der Waals surface area contributed by atoms with Gasteiger partial charge in [-0.15, -0.1) is 12.4 Å². The Morgan fingerprint density at radius 2 is 1.71 bits per heavy atom. The van der Waals surface area contributed by atoms with Gasteiger partial charge in [-0.25, -0.2) is 8.42 Å². The number of rotatable bonds is 2. The zero-order chi connectivity index (χ0) is 14.0. The van der Waals surface area contributed by atoms with Crippen LogP contribution < -0.4 is 0 Å². The summed E-state index contributed by atoms with van der Waals surface area (Å²) in [5.74, 6) is 0. The molecule has 0 saturated carbocycles. The van der Waals surface area contributed by atoms with Gasteiger partial charge in [0.1, 0.15) is 0 Å². The van der Waals surface area contributed by atoms with Crippen LogP contribution in [0, 0.1) is 0 Å². The summed E-state index contributed by atoms with van der Waals surface area (Å²) in [6.07, 6.45) is 7.48. The molecule has 1 fully saturated rings. The molecule has 2 aromatic rings. The largest absolute Gasteiger partial charge is 0.264 e. The highest BCUT2D eigenvalue weighted by atomic mass is 35.5. The van der Waals surface area contributed by atoms with Crippen molar-refractivity contribution in [1.29, 1.82) is 0 Å². The summed E-state index contributed by atoms with van der Waals surface area (Å²) in [4.78, 5) is 4.46. The minimum Gasteiger partial charge on any atom is -0.264 e. The first-order valence-electron chi connectivity index (χ1n) is 7.02. The summed E-state index contributed by atoms with van der Waals surface area (Å²) < 4.78 is 27.4. The Labute approximate surface area is 131 Å². The van der Waals surface area contributed by atoms with Crippen molar-refractivity contribution in [3.8, 4) is 0 Å². The molecule has 6 heteroatoms. The average Bonchev–Trinajstić information content (AvgIpc) is 2.76. The van der Waals surface area contributed by atoms with E-state index in [2.05, 4.69) is 4.98 Å². The lowest BCUT2D eigenvalue weighted by atomic mass is 10.2. The van der Waals surface area contributed by atoms with Crippen LogP contribution in [0.5, 0.6) is 0 Å². The Kier molecular flexibility index (Phi) is 5.19. The molecule has 0 atom stereocenters. The molecule has 0 N–H and O–H groups in total. The number of fused-ring (bicyclic) bond motifs is 1. The minimum atomic E-state index is -3.41. The van der Waals surface area contributed by atoms with Crippen molar-refractivity contribution in [3.05, 3.63) is 36.7 Å². The zero-order valence-electron chi connectivity index (χ0n) is 11.7. The Morgan fingerprint density at radius 3 is 2.43 bits per heavy atom. The Balaban J connectivity index is 0.00000161. The van der Waals surface area contributed by atoms with Gasteiger partial charge in [-0.3, -0.25) is 4.98 Å². The van der Waals surface area contributed by atoms with Crippen molar-refractivity contribution in [2.45, 2.75) is 30.6 Å². The molecule has 0 radical (unpaired) electrons. The number of nitrogens with zero attached hydrogens (tertiary/aromatic N) is 2. The fourth-order valence-electron chi connectivity index (χ4n) is 2.74. The second kappa shape index (κ2) is 6.73. The van der Waals surface area contributed by atoms with Gasteiger partial charge in [0, 0.05) is 36.3 Å². The zero-order valence-corrected chi connectivity index (χ0v) is 13.4. The standard InChI is InChI=1S/C15H18N2O2S.ClH/c18-20(19,17-10-3-1-2-4-11-17)15-7-5-6-13-12-16-9-8-14(13)15;/h5-9,12H,1-4,10-11H2;1H. The molecule has 1 aromatic carbocycles. The number of aromatic nitrogens is 1. The molecule has 4 nitrogen and oxygen atoms in total. The van der Waals surface area contributed by atoms with Gasteiger partial charge in [0.25, 0.3) is 0 Å². The fourth-order valence-corrected chi connectivity index (χ4v) is 4.47. The number of sulfonamides is 1. The van der Waals surface area contributed by atoms with Gasteiger partial charge in [0.2, 0.25) is 10.0 Å². The summed E-state index contributed by atoms with van der Waals surface area (Å²) in [5, 5.41) is 1.62. The van der Waals surface area contributed by atoms with Crippen molar-refractivity contribution in [2.75, 3.05) is 13.1 Å². The first-order chi connectivity index (χ1) is 9.69. The van der Waals surface area contributed by atoms with Crippen LogP contribution >= 0.6 is 12.4 Å². The maximum Gasteiger partial charge on any atom is 0.243 e. The summed E-state index contributed by atoms with van der Waals surface area (Å²) in [5.41, 5.74) is 0. The Morgan fingerprint density at radius 1 is 1.00 bits per heavy atom. The van der Waals surface area contributed by atoms with Crippen molar-refractivity contribution in [3.63, 3.8) is 0 Å². The summed E-state index contributed by atoms with van der Waals surface area (Å²) in [6, 6.07) is 7.15. The third-order valence-electron chi connectivity index (χ3n) is 3.82. The van der Waals surface area contributed by atoms with Gasteiger partial charge in [0.15, 0.2) is 0 Å². The molecule has 2 heterocycles. The highest BCUT2D eigenvalue weighted by Crippen LogP contribution is 2.26. The molecule has 1 aliphatic heterocycles. The number of pyridine rings is 1. The predicted molar refractivity (Wildman–Crippen MR) is 86.2 cm³/mol. The summed E-state index contributed by atoms with van der Waals surface area (Å²) >= 11 is 0. The third kappa shape index (κ3) is 3.20. The number of hydrogen-bond acceptors (Lipinski definition) is 3. The Bertz CT molecular complexity index is 705. The third-order valence-corrected chi connectivity index (χ3v) is 5.78. The van der Waals surface area contributed by atoms with Crippen molar-refractivity contribution >= 4 is 33.2 Å². The van der Waals surface area contributed by atoms with Crippen LogP contribution in [0.15, 0.2) is 41.6 Å². The van der Waals surface area contributed by atoms with Gasteiger partial charge in [-0.2, -0.15) is 4.31 Å². The fraction of sp³-hybridized carbons (Fsp3) is 0.400. The molecular formula is C15H19ClN2O2S. The molecule has 1 saturated heterocycles. The van der Waals surface area contributed by atoms with Crippen LogP contribution in [-0.4, -0.2) is 30.8 Å². The molecule has 114 valence electrons. The molecular weight excluding hydrogens is 308 g/mol. The average molecular weight is 327 g/mol. The minimum absolute atomic E-state index is 0. The van der Waals surface area contributed by atoms with E-state index in [0.717, 1.165) is 36.5 Å². The van der Waals surface area contributed by atoms with Crippen LogP contribution in [0.25, 0.3) is 10.8 Å². The Hall–Kier alpha value is -1.17. The van der Waals surface area contributed by atoms with E-state index in [0.29, 0.717) is 18.0 Å². The highest BCUT2D eigenvalue weighted by molar-refractivity contribution is 7.89. The van der Waals surface area contributed by atoms with Crippen LogP contribution in [0.4, 0.5) is 0 Å². The van der Waals surface area contributed by atoms with E-state index in [-0.39, 0.29) is 12.4 Å². The van der Waals surface area contributed by atoms with E-state index >= 15 is 0 Å². The van der Waals surface area contributed by atoms with Gasteiger partial charge in [-0.1, -0.05) is 25.0 Å². The maximum atomic E-state index is 12.9. The first kappa shape index (κ1) is 16.2. The van der Waals surface area contributed by atoms with E-state index in [4.69, 9.17) is 0 Å². The van der Waals surface area contributed by atoms with Gasteiger partial charge < -0.3 is 0 Å². The van der Waals surface area contributed by atoms with Crippen LogP contribution in [-0.2, 0) is 10.0 Å². The lowest BCUT2D eigenvalue weighted by Crippen LogP contribution is -2.32. The number of benzene rings is 1. The monoisotopic (exact) mass is 326 g/mol. The van der Waals surface area contributed by atoms with Gasteiger partial charge in [0.05, 0.1) is 4.90 Å². The van der Waals surface area contributed by atoms with Crippen molar-refractivity contribution < 1.29 is 8.42 Å². The lowest BCUT2D eigenvalue weighted by molar-refractivity contribution is 0.424. The van der Waals surface area contributed by atoms with E-state index in [1.807, 2.05) is 6.07 Å². The van der Waals surface area contributed by atoms with E-state index in [9.17, 15) is 8.42 Å². The quantitative estimate of drug-likeness (QED) is 0.851. The molecule has 3 rings (SSSR count). The lowest BCUT2D eigenvalue weighted by Gasteiger charge is -2.20. The van der Waals surface area contributed by atoms with Gasteiger partial charge >= 0.3 is 0 Å². The van der Waals surface area contributed by atoms with Crippen LogP contribution in [0.2, 0.25) is 0 Å². The van der Waals surface area contributed by atoms with Crippen molar-refractivity contribution in [2.24, 2.45) is 0 Å². The molecule has 0 amide bonds. The van der Waals surface area contributed by atoms with Gasteiger partial charge in [-0.05, 0) is 25.0 Å². The second-order valence-corrected chi connectivity index (χ2v) is 7.08. The van der Waals surface area contributed by atoms with Crippen molar-refractivity contribution in [1.82, 2.24) is 9.29 Å².